The number of hydrogen-bond donors (Lipinski definition) is 2. The summed E-state index contributed by atoms with van der Waals surface area (Å²) in [6, 6.07) is 8.47. The fourth-order valence-electron chi connectivity index (χ4n) is 2.21. The highest BCUT2D eigenvalue weighted by Gasteiger charge is 2.07. The van der Waals surface area contributed by atoms with Crippen LogP contribution in [-0.2, 0) is 6.42 Å². The molecule has 19 heavy (non-hydrogen) atoms. The number of nitrogens with two attached hydrogens (primary N) is 2. The zero-order valence-corrected chi connectivity index (χ0v) is 12.0. The van der Waals surface area contributed by atoms with Gasteiger partial charge >= 0.3 is 0 Å². The highest BCUT2D eigenvalue weighted by atomic mass is 32.1. The summed E-state index contributed by atoms with van der Waals surface area (Å²) in [5.41, 5.74) is 14.8. The van der Waals surface area contributed by atoms with Gasteiger partial charge in [0.15, 0.2) is 5.13 Å². The molecule has 0 saturated carbocycles. The molecular formula is C15H21N3S. The maximum Gasteiger partial charge on any atom is 0.180 e. The quantitative estimate of drug-likeness (QED) is 0.761. The largest absolute Gasteiger partial charge is 0.375 e. The fraction of sp³-hybridized carbons (Fsp3) is 0.400. The Morgan fingerprint density at radius 3 is 2.58 bits per heavy atom. The third-order valence-electron chi connectivity index (χ3n) is 3.22. The van der Waals surface area contributed by atoms with Gasteiger partial charge in [0.25, 0.3) is 0 Å². The molecule has 1 aromatic carbocycles. The van der Waals surface area contributed by atoms with E-state index in [1.54, 1.807) is 0 Å². The highest BCUT2D eigenvalue weighted by molar-refractivity contribution is 7.13. The van der Waals surface area contributed by atoms with Gasteiger partial charge in [-0.1, -0.05) is 37.1 Å². The van der Waals surface area contributed by atoms with E-state index >= 15 is 0 Å². The third-order valence-corrected chi connectivity index (χ3v) is 3.89. The fourth-order valence-corrected chi connectivity index (χ4v) is 2.78. The van der Waals surface area contributed by atoms with Crippen LogP contribution in [0.25, 0.3) is 11.3 Å². The molecule has 0 radical (unpaired) electrons. The number of rotatable bonds is 7. The Kier molecular flexibility index (Phi) is 5.36. The van der Waals surface area contributed by atoms with Gasteiger partial charge in [0.05, 0.1) is 5.69 Å². The van der Waals surface area contributed by atoms with Crippen LogP contribution in [0.5, 0.6) is 0 Å². The summed E-state index contributed by atoms with van der Waals surface area (Å²) in [4.78, 5) is 4.38. The molecule has 0 bridgehead atoms. The lowest BCUT2D eigenvalue weighted by molar-refractivity contribution is 0.647. The van der Waals surface area contributed by atoms with E-state index in [0.717, 1.165) is 25.1 Å². The van der Waals surface area contributed by atoms with E-state index in [9.17, 15) is 0 Å². The molecule has 0 aliphatic rings. The molecular weight excluding hydrogens is 254 g/mol. The van der Waals surface area contributed by atoms with Crippen LogP contribution in [0.1, 0.15) is 31.2 Å². The van der Waals surface area contributed by atoms with Gasteiger partial charge in [0.1, 0.15) is 0 Å². The average Bonchev–Trinajstić information content (AvgIpc) is 2.85. The van der Waals surface area contributed by atoms with Crippen molar-refractivity contribution in [1.82, 2.24) is 4.98 Å². The van der Waals surface area contributed by atoms with Crippen molar-refractivity contribution in [1.29, 1.82) is 0 Å². The van der Waals surface area contributed by atoms with E-state index in [1.807, 2.05) is 5.38 Å². The molecule has 0 aliphatic carbocycles. The van der Waals surface area contributed by atoms with E-state index in [4.69, 9.17) is 11.5 Å². The van der Waals surface area contributed by atoms with Crippen LogP contribution in [0, 0.1) is 0 Å². The minimum atomic E-state index is 0.632. The van der Waals surface area contributed by atoms with Gasteiger partial charge in [0.2, 0.25) is 0 Å². The maximum absolute atomic E-state index is 5.72. The first-order valence-corrected chi connectivity index (χ1v) is 7.68. The van der Waals surface area contributed by atoms with Crippen LogP contribution in [0.2, 0.25) is 0 Å². The molecule has 2 aromatic rings. The standard InChI is InChI=1S/C15H21N3S/c16-10-6-2-1-3-7-12-8-4-5-9-13(12)14-11-19-15(17)18-14/h4-5,8-9,11H,1-3,6-7,10,16H2,(H2,17,18). The molecule has 1 aromatic heterocycles. The molecule has 0 spiro atoms. The molecule has 0 saturated heterocycles. The summed E-state index contributed by atoms with van der Waals surface area (Å²) in [7, 11) is 0. The van der Waals surface area contributed by atoms with Crippen LogP contribution in [0.15, 0.2) is 29.6 Å². The summed E-state index contributed by atoms with van der Waals surface area (Å²) in [5.74, 6) is 0. The van der Waals surface area contributed by atoms with Gasteiger partial charge < -0.3 is 11.5 Å². The van der Waals surface area contributed by atoms with Crippen LogP contribution in [0.4, 0.5) is 5.13 Å². The number of nitrogen functional groups attached to an aromatic ring is 1. The Labute approximate surface area is 118 Å². The SMILES string of the molecule is NCCCCCCc1ccccc1-c1csc(N)n1. The van der Waals surface area contributed by atoms with Crippen molar-refractivity contribution in [2.45, 2.75) is 32.1 Å². The average molecular weight is 275 g/mol. The van der Waals surface area contributed by atoms with Crippen molar-refractivity contribution in [3.8, 4) is 11.3 Å². The topological polar surface area (TPSA) is 64.9 Å². The number of thiazole rings is 1. The first-order chi connectivity index (χ1) is 9.31. The summed E-state index contributed by atoms with van der Waals surface area (Å²) in [6.07, 6.45) is 5.89. The lowest BCUT2D eigenvalue weighted by Crippen LogP contribution is -1.98. The maximum atomic E-state index is 5.72. The Morgan fingerprint density at radius 2 is 1.84 bits per heavy atom. The monoisotopic (exact) mass is 275 g/mol. The molecule has 3 nitrogen and oxygen atoms in total. The second-order valence-electron chi connectivity index (χ2n) is 4.68. The molecule has 102 valence electrons. The normalized spacial score (nSPS) is 10.8. The van der Waals surface area contributed by atoms with Crippen molar-refractivity contribution in [3.63, 3.8) is 0 Å². The zero-order valence-electron chi connectivity index (χ0n) is 11.1. The Balaban J connectivity index is 2.00. The van der Waals surface area contributed by atoms with Gasteiger partial charge in [-0.2, -0.15) is 0 Å². The van der Waals surface area contributed by atoms with E-state index in [2.05, 4.69) is 29.2 Å². The minimum absolute atomic E-state index is 0.632. The number of unbranched alkanes of at least 4 members (excludes halogenated alkanes) is 3. The van der Waals surface area contributed by atoms with Gasteiger partial charge in [-0.05, 0) is 31.4 Å². The van der Waals surface area contributed by atoms with E-state index in [0.29, 0.717) is 5.13 Å². The Bertz CT molecular complexity index is 508. The second kappa shape index (κ2) is 7.26. The molecule has 4 N–H and O–H groups in total. The molecule has 0 aliphatic heterocycles. The summed E-state index contributed by atoms with van der Waals surface area (Å²) >= 11 is 1.50. The number of aryl methyl sites for hydroxylation is 1. The van der Waals surface area contributed by atoms with Crippen LogP contribution < -0.4 is 11.5 Å². The predicted molar refractivity (Wildman–Crippen MR) is 83.2 cm³/mol. The molecule has 2 rings (SSSR count). The molecule has 0 amide bonds. The van der Waals surface area contributed by atoms with Crippen molar-refractivity contribution < 1.29 is 0 Å². The Morgan fingerprint density at radius 1 is 1.05 bits per heavy atom. The van der Waals surface area contributed by atoms with Crippen molar-refractivity contribution >= 4 is 16.5 Å². The van der Waals surface area contributed by atoms with Crippen molar-refractivity contribution in [2.75, 3.05) is 12.3 Å². The smallest absolute Gasteiger partial charge is 0.180 e. The highest BCUT2D eigenvalue weighted by Crippen LogP contribution is 2.27. The third kappa shape index (κ3) is 4.04. The van der Waals surface area contributed by atoms with Crippen molar-refractivity contribution in [3.05, 3.63) is 35.2 Å². The number of aromatic nitrogens is 1. The second-order valence-corrected chi connectivity index (χ2v) is 5.57. The van der Waals surface area contributed by atoms with Gasteiger partial charge in [-0.25, -0.2) is 4.98 Å². The molecule has 0 unspecified atom stereocenters. The first kappa shape index (κ1) is 14.0. The summed E-state index contributed by atoms with van der Waals surface area (Å²) < 4.78 is 0. The lowest BCUT2D eigenvalue weighted by atomic mass is 9.99. The predicted octanol–water partition coefficient (Wildman–Crippen LogP) is 3.45. The molecule has 4 heteroatoms. The number of nitrogens with zero attached hydrogens (tertiary/aromatic N) is 1. The van der Waals surface area contributed by atoms with Crippen LogP contribution in [-0.4, -0.2) is 11.5 Å². The molecule has 1 heterocycles. The Hall–Kier alpha value is -1.39. The van der Waals surface area contributed by atoms with E-state index in [-0.39, 0.29) is 0 Å². The number of anilines is 1. The minimum Gasteiger partial charge on any atom is -0.375 e. The lowest BCUT2D eigenvalue weighted by Gasteiger charge is -2.07. The van der Waals surface area contributed by atoms with Gasteiger partial charge in [0, 0.05) is 10.9 Å². The zero-order chi connectivity index (χ0) is 13.5. The van der Waals surface area contributed by atoms with Crippen LogP contribution in [0.3, 0.4) is 0 Å². The number of hydrogen-bond acceptors (Lipinski definition) is 4. The van der Waals surface area contributed by atoms with Crippen molar-refractivity contribution in [2.24, 2.45) is 5.73 Å². The summed E-state index contributed by atoms with van der Waals surface area (Å²) in [6.45, 7) is 0.800. The summed E-state index contributed by atoms with van der Waals surface area (Å²) in [5, 5.41) is 2.66. The van der Waals surface area contributed by atoms with E-state index < -0.39 is 0 Å². The van der Waals surface area contributed by atoms with E-state index in [1.165, 1.54) is 41.7 Å². The number of benzene rings is 1. The molecule has 0 atom stereocenters. The first-order valence-electron chi connectivity index (χ1n) is 6.80. The van der Waals surface area contributed by atoms with Gasteiger partial charge in [-0.3, -0.25) is 0 Å². The van der Waals surface area contributed by atoms with Gasteiger partial charge in [-0.15, -0.1) is 11.3 Å². The molecule has 0 fully saturated rings. The van der Waals surface area contributed by atoms with Crippen LogP contribution >= 0.6 is 11.3 Å².